The zero-order valence-electron chi connectivity index (χ0n) is 41.4. The van der Waals surface area contributed by atoms with Gasteiger partial charge in [-0.1, -0.05) is 71.1 Å². The molecule has 2 N–H and O–H groups in total. The lowest BCUT2D eigenvalue weighted by Gasteiger charge is -2.42. The summed E-state index contributed by atoms with van der Waals surface area (Å²) in [7, 11) is 6.59. The van der Waals surface area contributed by atoms with E-state index in [1.807, 2.05) is 45.1 Å². The fraction of sp³-hybridized carbons (Fsp3) is 0.769. The SMILES string of the molecule is CO[C@H]1C[C@@H]2CC[C@@H](C)[C@@](O)(O2)C(=O)C(=O)N2CCCC[C@H]2C(=O)O[C@H]([C@H](C)C[C@@H]2CC[C@@H](OC)[C@H](OC)C2)CC(=O)C(C)=CC(C)[C@@H](O)[C@@H](OC)C[C@H](C)C[C@H](C)C=CC=CC=C1C. The number of amides is 1. The van der Waals surface area contributed by atoms with Crippen LogP contribution in [0.15, 0.2) is 47.6 Å². The first-order chi connectivity index (χ1) is 30.9. The molecule has 0 spiro atoms. The van der Waals surface area contributed by atoms with E-state index >= 15 is 0 Å². The van der Waals surface area contributed by atoms with Crippen molar-refractivity contribution >= 4 is 23.4 Å². The van der Waals surface area contributed by atoms with E-state index in [9.17, 15) is 29.4 Å². The van der Waals surface area contributed by atoms with Crippen molar-refractivity contribution in [3.8, 4) is 0 Å². The predicted octanol–water partition coefficient (Wildman–Crippen LogP) is 7.66. The van der Waals surface area contributed by atoms with E-state index in [4.69, 9.17) is 28.4 Å². The van der Waals surface area contributed by atoms with Crippen molar-refractivity contribution < 1.29 is 57.8 Å². The first-order valence-corrected chi connectivity index (χ1v) is 24.4. The Labute approximate surface area is 389 Å². The summed E-state index contributed by atoms with van der Waals surface area (Å²) in [6.07, 6.45) is 16.0. The minimum absolute atomic E-state index is 0.0114. The molecule has 368 valence electrons. The molecule has 65 heavy (non-hydrogen) atoms. The second kappa shape index (κ2) is 25.9. The van der Waals surface area contributed by atoms with Gasteiger partial charge in [0, 0.05) is 59.7 Å². The number of methoxy groups -OCH3 is 4. The van der Waals surface area contributed by atoms with E-state index in [1.54, 1.807) is 48.4 Å². The van der Waals surface area contributed by atoms with E-state index in [0.29, 0.717) is 50.5 Å². The number of hydrogen-bond acceptors (Lipinski definition) is 12. The van der Waals surface area contributed by atoms with Crippen molar-refractivity contribution in [3.63, 3.8) is 0 Å². The van der Waals surface area contributed by atoms with Crippen molar-refractivity contribution in [1.29, 1.82) is 0 Å². The Bertz CT molecular complexity index is 1690. The fourth-order valence-corrected chi connectivity index (χ4v) is 10.6. The van der Waals surface area contributed by atoms with Crippen LogP contribution in [0, 0.1) is 35.5 Å². The number of carbonyl (C=O) groups is 4. The molecule has 0 radical (unpaired) electrons. The zero-order chi connectivity index (χ0) is 48.0. The lowest BCUT2D eigenvalue weighted by molar-refractivity contribution is -0.265. The number of piperidine rings is 1. The molecule has 4 rings (SSSR count). The Morgan fingerprint density at radius 3 is 2.20 bits per heavy atom. The number of cyclic esters (lactones) is 1. The van der Waals surface area contributed by atoms with E-state index < -0.39 is 65.7 Å². The maximum Gasteiger partial charge on any atom is 0.329 e. The molecule has 2 bridgehead atoms. The predicted molar refractivity (Wildman–Crippen MR) is 250 cm³/mol. The normalized spacial score (nSPS) is 37.8. The highest BCUT2D eigenvalue weighted by Gasteiger charge is 2.53. The van der Waals surface area contributed by atoms with Crippen LogP contribution in [0.2, 0.25) is 0 Å². The monoisotopic (exact) mass is 914 g/mol. The first kappa shape index (κ1) is 54.6. The summed E-state index contributed by atoms with van der Waals surface area (Å²) >= 11 is 0. The summed E-state index contributed by atoms with van der Waals surface area (Å²) in [4.78, 5) is 58.3. The van der Waals surface area contributed by atoms with Crippen molar-refractivity contribution in [2.75, 3.05) is 35.0 Å². The number of carbonyl (C=O) groups excluding carboxylic acids is 4. The smallest absolute Gasteiger partial charge is 0.329 e. The molecule has 3 heterocycles. The molecule has 3 aliphatic heterocycles. The van der Waals surface area contributed by atoms with Gasteiger partial charge in [0.15, 0.2) is 5.78 Å². The summed E-state index contributed by atoms with van der Waals surface area (Å²) < 4.78 is 35.7. The van der Waals surface area contributed by atoms with Crippen molar-refractivity contribution in [1.82, 2.24) is 4.90 Å². The minimum Gasteiger partial charge on any atom is -0.460 e. The lowest BCUT2D eigenvalue weighted by Crippen LogP contribution is -2.61. The number of ketones is 2. The number of esters is 1. The molecule has 0 aromatic rings. The molecule has 1 aliphatic carbocycles. The number of allylic oxidation sites excluding steroid dienone is 6. The second-order valence-corrected chi connectivity index (χ2v) is 20.0. The molecular weight excluding hydrogens is 831 g/mol. The molecule has 13 nitrogen and oxygen atoms in total. The van der Waals surface area contributed by atoms with Gasteiger partial charge in [0.05, 0.1) is 36.6 Å². The van der Waals surface area contributed by atoms with Crippen molar-refractivity contribution in [3.05, 3.63) is 47.6 Å². The molecule has 1 amide bonds. The molecule has 13 heteroatoms. The molecule has 1 saturated carbocycles. The van der Waals surface area contributed by atoms with E-state index in [1.165, 1.54) is 4.90 Å². The third kappa shape index (κ3) is 15.0. The number of ether oxygens (including phenoxy) is 6. The molecule has 4 aliphatic rings. The number of aliphatic hydroxyl groups is 2. The zero-order valence-corrected chi connectivity index (χ0v) is 41.4. The van der Waals surface area contributed by atoms with Crippen LogP contribution in [0.5, 0.6) is 0 Å². The van der Waals surface area contributed by atoms with Crippen LogP contribution in [-0.2, 0) is 47.6 Å². The highest BCUT2D eigenvalue weighted by Crippen LogP contribution is 2.38. The van der Waals surface area contributed by atoms with Gasteiger partial charge in [0.25, 0.3) is 11.7 Å². The molecule has 2 saturated heterocycles. The van der Waals surface area contributed by atoms with Gasteiger partial charge >= 0.3 is 5.97 Å². The first-order valence-electron chi connectivity index (χ1n) is 24.4. The molecule has 15 atom stereocenters. The van der Waals surface area contributed by atoms with Gasteiger partial charge in [0.1, 0.15) is 12.1 Å². The van der Waals surface area contributed by atoms with Crippen LogP contribution in [0.1, 0.15) is 132 Å². The Morgan fingerprint density at radius 2 is 1.52 bits per heavy atom. The maximum absolute atomic E-state index is 14.4. The third-order valence-electron chi connectivity index (χ3n) is 14.8. The largest absolute Gasteiger partial charge is 0.460 e. The summed E-state index contributed by atoms with van der Waals surface area (Å²) in [5.41, 5.74) is 1.37. The Hall–Kier alpha value is -3.04. The fourth-order valence-electron chi connectivity index (χ4n) is 10.6. The van der Waals surface area contributed by atoms with Gasteiger partial charge in [-0.3, -0.25) is 14.4 Å². The van der Waals surface area contributed by atoms with Crippen LogP contribution in [-0.4, -0.2) is 128 Å². The van der Waals surface area contributed by atoms with Crippen molar-refractivity contribution in [2.24, 2.45) is 35.5 Å². The minimum atomic E-state index is -2.40. The highest BCUT2D eigenvalue weighted by atomic mass is 16.6. The van der Waals surface area contributed by atoms with Gasteiger partial charge < -0.3 is 43.5 Å². The van der Waals surface area contributed by atoms with E-state index in [2.05, 4.69) is 19.9 Å². The maximum atomic E-state index is 14.4. The number of rotatable bonds is 7. The summed E-state index contributed by atoms with van der Waals surface area (Å²) in [5, 5.41) is 23.5. The quantitative estimate of drug-likeness (QED) is 0.190. The van der Waals surface area contributed by atoms with Crippen LogP contribution >= 0.6 is 0 Å². The summed E-state index contributed by atoms with van der Waals surface area (Å²) in [6.45, 7) is 13.7. The Kier molecular flexibility index (Phi) is 21.8. The number of nitrogens with zero attached hydrogens (tertiary/aromatic N) is 1. The number of aliphatic hydroxyl groups excluding tert-OH is 1. The highest BCUT2D eigenvalue weighted by molar-refractivity contribution is 6.39. The van der Waals surface area contributed by atoms with Crippen LogP contribution < -0.4 is 0 Å². The van der Waals surface area contributed by atoms with Crippen LogP contribution in [0.3, 0.4) is 0 Å². The average molecular weight is 914 g/mol. The molecule has 0 aromatic heterocycles. The molecule has 0 aromatic carbocycles. The molecule has 1 unspecified atom stereocenters. The summed E-state index contributed by atoms with van der Waals surface area (Å²) in [5.74, 6) is -6.02. The lowest BCUT2D eigenvalue weighted by atomic mass is 9.78. The van der Waals surface area contributed by atoms with Crippen molar-refractivity contribution in [2.45, 2.75) is 186 Å². The van der Waals surface area contributed by atoms with Crippen LogP contribution in [0.4, 0.5) is 0 Å². The second-order valence-electron chi connectivity index (χ2n) is 20.0. The van der Waals surface area contributed by atoms with E-state index in [0.717, 1.165) is 31.3 Å². The Morgan fingerprint density at radius 1 is 0.815 bits per heavy atom. The third-order valence-corrected chi connectivity index (χ3v) is 14.8. The molecular formula is C52H83NO12. The number of Topliss-reactive ketones (excluding diaryl/α,β-unsaturated/α-hetero) is 2. The van der Waals surface area contributed by atoms with Gasteiger partial charge in [-0.15, -0.1) is 0 Å². The van der Waals surface area contributed by atoms with Gasteiger partial charge in [0.2, 0.25) is 5.79 Å². The topological polar surface area (TPSA) is 167 Å². The number of fused-ring (bicyclic) bond motifs is 3. The number of hydrogen-bond donors (Lipinski definition) is 2. The molecule has 3 fully saturated rings. The van der Waals surface area contributed by atoms with E-state index in [-0.39, 0.29) is 67.2 Å². The van der Waals surface area contributed by atoms with Gasteiger partial charge in [-0.2, -0.15) is 0 Å². The summed E-state index contributed by atoms with van der Waals surface area (Å²) in [6, 6.07) is -1.09. The van der Waals surface area contributed by atoms with Gasteiger partial charge in [-0.05, 0) is 119 Å². The standard InChI is InChI=1S/C52H83NO12/c1-32-17-13-12-14-18-34(3)44(61-9)30-40-22-20-38(7)52(59,65-40)49(56)50(57)53-24-16-15-19-41(53)51(58)64-45(36(5)28-39-21-23-43(60-8)46(29-39)62-10)31-42(54)35(4)27-37(6)48(55)47(63-11)26-33(2)25-32/h12-14,17-18,27,32-33,36-41,43-48,55,59H,15-16,19-26,28-31H2,1-11H3/t32-,33-,36-,37?,38-,39+,40+,41+,43-,44+,45+,46-,47+,48-,52-/m1/s1. The van der Waals surface area contributed by atoms with Crippen LogP contribution in [0.25, 0.3) is 0 Å². The average Bonchev–Trinajstić information content (AvgIpc) is 3.29. The Balaban J connectivity index is 1.68. The van der Waals surface area contributed by atoms with Gasteiger partial charge in [-0.25, -0.2) is 4.79 Å².